The van der Waals surface area contributed by atoms with Crippen molar-refractivity contribution in [1.82, 2.24) is 19.8 Å². The van der Waals surface area contributed by atoms with E-state index in [0.717, 1.165) is 43.3 Å². The highest BCUT2D eigenvalue weighted by Gasteiger charge is 2.49. The summed E-state index contributed by atoms with van der Waals surface area (Å²) in [5.74, 6) is 2.13. The van der Waals surface area contributed by atoms with E-state index < -0.39 is 0 Å². The Hall–Kier alpha value is -1.34. The number of rotatable bonds is 3. The molecule has 2 saturated heterocycles. The Labute approximate surface area is 121 Å². The molecule has 20 heavy (non-hydrogen) atoms. The molecule has 1 unspecified atom stereocenters. The molecule has 0 radical (unpaired) electrons. The number of ether oxygens (including phenoxy) is 1. The van der Waals surface area contributed by atoms with E-state index in [1.54, 1.807) is 10.8 Å². The lowest BCUT2D eigenvalue weighted by molar-refractivity contribution is 0.0699. The van der Waals surface area contributed by atoms with E-state index in [-0.39, 0.29) is 0 Å². The van der Waals surface area contributed by atoms with Gasteiger partial charge in [0.1, 0.15) is 12.1 Å². The first-order chi connectivity index (χ1) is 9.78. The molecule has 6 nitrogen and oxygen atoms in total. The fraction of sp³-hybridized carbons (Fsp3) is 0.615. The van der Waals surface area contributed by atoms with Crippen molar-refractivity contribution in [3.8, 4) is 0 Å². The van der Waals surface area contributed by atoms with E-state index in [0.29, 0.717) is 10.9 Å². The molecule has 1 atom stereocenters. The zero-order valence-corrected chi connectivity index (χ0v) is 12.2. The second kappa shape index (κ2) is 4.60. The minimum atomic E-state index is 0.379. The topological polar surface area (TPSA) is 55.5 Å². The van der Waals surface area contributed by atoms with Gasteiger partial charge in [0.2, 0.25) is 0 Å². The van der Waals surface area contributed by atoms with Gasteiger partial charge in [-0.05, 0) is 25.5 Å². The fourth-order valence-corrected chi connectivity index (χ4v) is 4.62. The van der Waals surface area contributed by atoms with Crippen LogP contribution in [-0.2, 0) is 4.74 Å². The van der Waals surface area contributed by atoms with E-state index in [4.69, 9.17) is 4.74 Å². The van der Waals surface area contributed by atoms with Crippen LogP contribution in [0, 0.1) is 0 Å². The molecule has 0 N–H and O–H groups in total. The monoisotopic (exact) mass is 291 g/mol. The number of fused-ring (bicyclic) bond motifs is 1. The summed E-state index contributed by atoms with van der Waals surface area (Å²) in [6.45, 7) is 5.00. The number of hydrogen-bond acceptors (Lipinski definition) is 6. The molecule has 4 rings (SSSR count). The van der Waals surface area contributed by atoms with Gasteiger partial charge in [0.15, 0.2) is 5.65 Å². The smallest absolute Gasteiger partial charge is 0.177 e. The van der Waals surface area contributed by atoms with Crippen molar-refractivity contribution >= 4 is 23.2 Å². The third-order valence-corrected chi connectivity index (χ3v) is 5.58. The lowest BCUT2D eigenvalue weighted by atomic mass is 9.93. The van der Waals surface area contributed by atoms with E-state index in [1.165, 1.54) is 0 Å². The Morgan fingerprint density at radius 2 is 2.35 bits per heavy atom. The number of nitrogens with zero attached hydrogens (tertiary/aromatic N) is 5. The summed E-state index contributed by atoms with van der Waals surface area (Å²) in [6.07, 6.45) is 3.24. The molecule has 2 aliphatic rings. The average molecular weight is 291 g/mol. The Morgan fingerprint density at radius 1 is 1.45 bits per heavy atom. The predicted octanol–water partition coefficient (Wildman–Crippen LogP) is 1.23. The Morgan fingerprint density at radius 3 is 3.20 bits per heavy atom. The van der Waals surface area contributed by atoms with Gasteiger partial charge in [0.05, 0.1) is 10.9 Å². The summed E-state index contributed by atoms with van der Waals surface area (Å²) in [7, 11) is 0. The molecule has 0 amide bonds. The molecule has 0 aliphatic carbocycles. The molecular weight excluding hydrogens is 274 g/mol. The number of aromatic nitrogens is 4. The van der Waals surface area contributed by atoms with Crippen LogP contribution in [-0.4, -0.2) is 56.1 Å². The maximum Gasteiger partial charge on any atom is 0.177 e. The number of hydrogen-bond donors (Lipinski definition) is 0. The van der Waals surface area contributed by atoms with Crippen LogP contribution in [0.15, 0.2) is 18.5 Å². The average Bonchev–Trinajstić information content (AvgIpc) is 3.02. The second-order valence-electron chi connectivity index (χ2n) is 5.46. The molecule has 2 fully saturated rings. The summed E-state index contributed by atoms with van der Waals surface area (Å²) in [5.41, 5.74) is 0.788. The van der Waals surface area contributed by atoms with Crippen molar-refractivity contribution in [2.24, 2.45) is 0 Å². The van der Waals surface area contributed by atoms with Gasteiger partial charge in [0.25, 0.3) is 0 Å². The van der Waals surface area contributed by atoms with Gasteiger partial charge in [-0.3, -0.25) is 0 Å². The van der Waals surface area contributed by atoms with E-state index in [2.05, 4.69) is 38.9 Å². The van der Waals surface area contributed by atoms with Crippen LogP contribution < -0.4 is 4.90 Å². The van der Waals surface area contributed by atoms with Crippen LogP contribution in [0.3, 0.4) is 0 Å². The van der Waals surface area contributed by atoms with E-state index >= 15 is 0 Å². The molecule has 2 aromatic rings. The molecular formula is C13H17N5OS. The molecule has 106 valence electrons. The summed E-state index contributed by atoms with van der Waals surface area (Å²) in [6, 6.07) is 3.99. The second-order valence-corrected chi connectivity index (χ2v) is 6.94. The number of anilines is 1. The summed E-state index contributed by atoms with van der Waals surface area (Å²) < 4.78 is 7.85. The van der Waals surface area contributed by atoms with Gasteiger partial charge in [-0.15, -0.1) is 27.1 Å². The summed E-state index contributed by atoms with van der Waals surface area (Å²) >= 11 is 2.06. The van der Waals surface area contributed by atoms with Crippen molar-refractivity contribution in [2.45, 2.75) is 24.2 Å². The minimum absolute atomic E-state index is 0.379. The standard InChI is InChI=1S/C13H17N5OS/c1-2-19-10-5-13(20-6-10)7-17(8-13)12-4-3-11-15-14-9-18(11)16-12/h3-4,9-10H,2,5-8H2,1H3. The molecule has 0 saturated carbocycles. The van der Waals surface area contributed by atoms with Gasteiger partial charge < -0.3 is 9.64 Å². The Bertz CT molecular complexity index is 624. The van der Waals surface area contributed by atoms with Crippen molar-refractivity contribution in [3.63, 3.8) is 0 Å². The van der Waals surface area contributed by atoms with Crippen LogP contribution in [0.4, 0.5) is 5.82 Å². The first-order valence-electron chi connectivity index (χ1n) is 6.96. The third-order valence-electron chi connectivity index (χ3n) is 4.01. The number of thioether (sulfide) groups is 1. The first-order valence-corrected chi connectivity index (χ1v) is 7.94. The minimum Gasteiger partial charge on any atom is -0.378 e. The fourth-order valence-electron chi connectivity index (χ4n) is 3.06. The highest BCUT2D eigenvalue weighted by molar-refractivity contribution is 8.01. The predicted molar refractivity (Wildman–Crippen MR) is 78.2 cm³/mol. The van der Waals surface area contributed by atoms with Crippen LogP contribution in [0.1, 0.15) is 13.3 Å². The Kier molecular flexibility index (Phi) is 2.85. The van der Waals surface area contributed by atoms with Crippen molar-refractivity contribution in [1.29, 1.82) is 0 Å². The summed E-state index contributed by atoms with van der Waals surface area (Å²) in [4.78, 5) is 2.32. The zero-order chi connectivity index (χ0) is 13.6. The van der Waals surface area contributed by atoms with E-state index in [9.17, 15) is 0 Å². The molecule has 2 aliphatic heterocycles. The summed E-state index contributed by atoms with van der Waals surface area (Å²) in [5, 5.41) is 12.4. The van der Waals surface area contributed by atoms with Crippen LogP contribution in [0.2, 0.25) is 0 Å². The van der Waals surface area contributed by atoms with E-state index in [1.807, 2.05) is 12.1 Å². The van der Waals surface area contributed by atoms with Crippen molar-refractivity contribution in [3.05, 3.63) is 18.5 Å². The molecule has 4 heterocycles. The molecule has 7 heteroatoms. The molecule has 1 spiro atoms. The molecule has 2 aromatic heterocycles. The van der Waals surface area contributed by atoms with Gasteiger partial charge in [-0.2, -0.15) is 4.52 Å². The lowest BCUT2D eigenvalue weighted by Gasteiger charge is -2.48. The maximum atomic E-state index is 5.75. The van der Waals surface area contributed by atoms with Gasteiger partial charge in [-0.1, -0.05) is 0 Å². The quantitative estimate of drug-likeness (QED) is 0.847. The normalized spacial score (nSPS) is 24.4. The van der Waals surface area contributed by atoms with Gasteiger partial charge in [-0.25, -0.2) is 0 Å². The highest BCUT2D eigenvalue weighted by Crippen LogP contribution is 2.46. The van der Waals surface area contributed by atoms with Gasteiger partial charge in [0, 0.05) is 25.4 Å². The lowest BCUT2D eigenvalue weighted by Crippen LogP contribution is -2.59. The van der Waals surface area contributed by atoms with Crippen LogP contribution in [0.5, 0.6) is 0 Å². The largest absolute Gasteiger partial charge is 0.378 e. The molecule has 0 bridgehead atoms. The van der Waals surface area contributed by atoms with Crippen molar-refractivity contribution in [2.75, 3.05) is 30.3 Å². The first kappa shape index (κ1) is 12.4. The third kappa shape index (κ3) is 1.96. The van der Waals surface area contributed by atoms with Crippen LogP contribution in [0.25, 0.3) is 5.65 Å². The Balaban J connectivity index is 1.45. The molecule has 0 aromatic carbocycles. The zero-order valence-electron chi connectivity index (χ0n) is 11.4. The highest BCUT2D eigenvalue weighted by atomic mass is 32.2. The maximum absolute atomic E-state index is 5.75. The SMILES string of the molecule is CCOC1CSC2(C1)CN(c1ccc3nncn3n1)C2. The van der Waals surface area contributed by atoms with Crippen molar-refractivity contribution < 1.29 is 4.74 Å². The van der Waals surface area contributed by atoms with Gasteiger partial charge >= 0.3 is 0 Å². The van der Waals surface area contributed by atoms with Crippen LogP contribution >= 0.6 is 11.8 Å².